The van der Waals surface area contributed by atoms with Crippen molar-refractivity contribution in [1.82, 2.24) is 0 Å². The van der Waals surface area contributed by atoms with Crippen LogP contribution in [0.25, 0.3) is 0 Å². The van der Waals surface area contributed by atoms with E-state index in [-0.39, 0.29) is 5.54 Å². The molecule has 0 fully saturated rings. The van der Waals surface area contributed by atoms with Crippen LogP contribution >= 0.6 is 27.3 Å². The van der Waals surface area contributed by atoms with Crippen molar-refractivity contribution in [2.75, 3.05) is 0 Å². The molecule has 1 unspecified atom stereocenters. The molecular weight excluding hydrogens is 234 g/mol. The van der Waals surface area contributed by atoms with Crippen LogP contribution in [0.2, 0.25) is 0 Å². The van der Waals surface area contributed by atoms with Gasteiger partial charge in [0.1, 0.15) is 0 Å². The smallest absolute Gasteiger partial charge is 0.0423 e. The number of nitrogens with two attached hydrogens (primary N) is 1. The van der Waals surface area contributed by atoms with E-state index in [1.807, 2.05) is 0 Å². The van der Waals surface area contributed by atoms with E-state index in [4.69, 9.17) is 5.73 Å². The highest BCUT2D eigenvalue weighted by Crippen LogP contribution is 2.34. The van der Waals surface area contributed by atoms with Crippen LogP contribution in [0, 0.1) is 5.92 Å². The Kier molecular flexibility index (Phi) is 2.97. The fourth-order valence-electron chi connectivity index (χ4n) is 0.977. The molecule has 0 amide bonds. The Labute approximate surface area is 86.1 Å². The van der Waals surface area contributed by atoms with Crippen LogP contribution < -0.4 is 5.73 Å². The topological polar surface area (TPSA) is 26.0 Å². The zero-order chi connectivity index (χ0) is 9.35. The van der Waals surface area contributed by atoms with E-state index in [1.165, 1.54) is 5.56 Å². The van der Waals surface area contributed by atoms with Crippen molar-refractivity contribution in [2.24, 2.45) is 11.7 Å². The van der Waals surface area contributed by atoms with E-state index in [0.29, 0.717) is 5.92 Å². The summed E-state index contributed by atoms with van der Waals surface area (Å²) < 4.78 is 1.13. The van der Waals surface area contributed by atoms with E-state index in [1.54, 1.807) is 11.3 Å². The van der Waals surface area contributed by atoms with E-state index >= 15 is 0 Å². The highest BCUT2D eigenvalue weighted by Gasteiger charge is 2.27. The first kappa shape index (κ1) is 10.2. The zero-order valence-corrected chi connectivity index (χ0v) is 10.00. The molecule has 1 heterocycles. The summed E-state index contributed by atoms with van der Waals surface area (Å²) in [5, 5.41) is 4.19. The molecule has 2 N–H and O–H groups in total. The molecule has 0 aliphatic heterocycles. The second kappa shape index (κ2) is 3.48. The predicted molar refractivity (Wildman–Crippen MR) is 58.4 cm³/mol. The van der Waals surface area contributed by atoms with Gasteiger partial charge >= 0.3 is 0 Å². The molecule has 0 spiro atoms. The van der Waals surface area contributed by atoms with Crippen molar-refractivity contribution >= 4 is 27.3 Å². The van der Waals surface area contributed by atoms with Gasteiger partial charge in [0, 0.05) is 15.4 Å². The zero-order valence-electron chi connectivity index (χ0n) is 7.60. The van der Waals surface area contributed by atoms with Gasteiger partial charge in [0.15, 0.2) is 0 Å². The SMILES string of the molecule is CC(C)C(C)(N)c1cscc1Br. The lowest BCUT2D eigenvalue weighted by molar-refractivity contribution is 0.350. The van der Waals surface area contributed by atoms with Crippen LogP contribution in [-0.2, 0) is 5.54 Å². The normalized spacial score (nSPS) is 16.5. The number of rotatable bonds is 2. The summed E-state index contributed by atoms with van der Waals surface area (Å²) in [7, 11) is 0. The monoisotopic (exact) mass is 247 g/mol. The summed E-state index contributed by atoms with van der Waals surface area (Å²) in [5.41, 5.74) is 7.19. The summed E-state index contributed by atoms with van der Waals surface area (Å²) in [4.78, 5) is 0. The Morgan fingerprint density at radius 2 is 2.08 bits per heavy atom. The maximum Gasteiger partial charge on any atom is 0.0423 e. The molecule has 1 rings (SSSR count). The Hall–Kier alpha value is 0.140. The third-order valence-electron chi connectivity index (χ3n) is 2.39. The molecule has 0 aliphatic rings. The largest absolute Gasteiger partial charge is 0.321 e. The lowest BCUT2D eigenvalue weighted by Crippen LogP contribution is -2.38. The van der Waals surface area contributed by atoms with Gasteiger partial charge in [-0.3, -0.25) is 0 Å². The molecule has 68 valence electrons. The summed E-state index contributed by atoms with van der Waals surface area (Å²) >= 11 is 5.18. The quantitative estimate of drug-likeness (QED) is 0.853. The van der Waals surface area contributed by atoms with E-state index in [0.717, 1.165) is 4.47 Å². The predicted octanol–water partition coefficient (Wildman–Crippen LogP) is 3.34. The van der Waals surface area contributed by atoms with Crippen LogP contribution in [0.4, 0.5) is 0 Å². The molecule has 0 radical (unpaired) electrons. The molecule has 0 saturated heterocycles. The van der Waals surface area contributed by atoms with Gasteiger partial charge in [0.25, 0.3) is 0 Å². The van der Waals surface area contributed by atoms with Gasteiger partial charge in [-0.2, -0.15) is 11.3 Å². The van der Waals surface area contributed by atoms with E-state index < -0.39 is 0 Å². The van der Waals surface area contributed by atoms with Crippen molar-refractivity contribution < 1.29 is 0 Å². The minimum absolute atomic E-state index is 0.223. The van der Waals surface area contributed by atoms with Crippen molar-refractivity contribution in [1.29, 1.82) is 0 Å². The van der Waals surface area contributed by atoms with Gasteiger partial charge in [-0.1, -0.05) is 13.8 Å². The first-order valence-electron chi connectivity index (χ1n) is 3.97. The van der Waals surface area contributed by atoms with Crippen LogP contribution in [0.3, 0.4) is 0 Å². The molecule has 1 aromatic rings. The van der Waals surface area contributed by atoms with Crippen LogP contribution in [0.1, 0.15) is 26.3 Å². The Bertz CT molecular complexity index is 265. The minimum atomic E-state index is -0.223. The number of hydrogen-bond acceptors (Lipinski definition) is 2. The van der Waals surface area contributed by atoms with Crippen LogP contribution in [0.15, 0.2) is 15.2 Å². The first-order chi connectivity index (χ1) is 5.46. The summed E-state index contributed by atoms with van der Waals surface area (Å²) in [6, 6.07) is 0. The summed E-state index contributed by atoms with van der Waals surface area (Å²) in [5.74, 6) is 0.448. The molecule has 1 nitrogen and oxygen atoms in total. The highest BCUT2D eigenvalue weighted by atomic mass is 79.9. The first-order valence-corrected chi connectivity index (χ1v) is 5.71. The Morgan fingerprint density at radius 1 is 1.50 bits per heavy atom. The Balaban J connectivity index is 3.05. The van der Waals surface area contributed by atoms with E-state index in [2.05, 4.69) is 47.5 Å². The molecule has 0 bridgehead atoms. The highest BCUT2D eigenvalue weighted by molar-refractivity contribution is 9.10. The lowest BCUT2D eigenvalue weighted by atomic mass is 9.84. The van der Waals surface area contributed by atoms with Gasteiger partial charge < -0.3 is 5.73 Å². The molecule has 0 aliphatic carbocycles. The van der Waals surface area contributed by atoms with Crippen molar-refractivity contribution in [3.05, 3.63) is 20.8 Å². The molecule has 3 heteroatoms. The fourth-order valence-corrected chi connectivity index (χ4v) is 2.83. The van der Waals surface area contributed by atoms with Crippen LogP contribution in [-0.4, -0.2) is 0 Å². The Morgan fingerprint density at radius 3 is 2.42 bits per heavy atom. The lowest BCUT2D eigenvalue weighted by Gasteiger charge is -2.29. The minimum Gasteiger partial charge on any atom is -0.321 e. The van der Waals surface area contributed by atoms with Gasteiger partial charge in [-0.15, -0.1) is 0 Å². The maximum absolute atomic E-state index is 6.20. The second-order valence-electron chi connectivity index (χ2n) is 3.57. The van der Waals surface area contributed by atoms with Crippen molar-refractivity contribution in [3.63, 3.8) is 0 Å². The summed E-state index contributed by atoms with van der Waals surface area (Å²) in [6.45, 7) is 6.36. The van der Waals surface area contributed by atoms with Crippen molar-refractivity contribution in [2.45, 2.75) is 26.3 Å². The maximum atomic E-state index is 6.20. The second-order valence-corrected chi connectivity index (χ2v) is 5.17. The third kappa shape index (κ3) is 1.73. The molecule has 0 aromatic carbocycles. The third-order valence-corrected chi connectivity index (χ3v) is 4.10. The number of hydrogen-bond donors (Lipinski definition) is 1. The number of halogens is 1. The van der Waals surface area contributed by atoms with Gasteiger partial charge in [-0.25, -0.2) is 0 Å². The van der Waals surface area contributed by atoms with Gasteiger partial charge in [-0.05, 0) is 39.7 Å². The summed E-state index contributed by atoms with van der Waals surface area (Å²) in [6.07, 6.45) is 0. The molecule has 12 heavy (non-hydrogen) atoms. The van der Waals surface area contributed by atoms with E-state index in [9.17, 15) is 0 Å². The fraction of sp³-hybridized carbons (Fsp3) is 0.556. The molecule has 1 aromatic heterocycles. The average Bonchev–Trinajstić information content (AvgIpc) is 2.35. The molecule has 1 atom stereocenters. The van der Waals surface area contributed by atoms with Crippen molar-refractivity contribution in [3.8, 4) is 0 Å². The standard InChI is InChI=1S/C9H14BrNS/c1-6(2)9(3,11)7-4-12-5-8(7)10/h4-6H,11H2,1-3H3. The van der Waals surface area contributed by atoms with Crippen LogP contribution in [0.5, 0.6) is 0 Å². The van der Waals surface area contributed by atoms with Gasteiger partial charge in [0.05, 0.1) is 0 Å². The molecule has 0 saturated carbocycles. The molecular formula is C9H14BrNS. The number of thiophene rings is 1. The van der Waals surface area contributed by atoms with Gasteiger partial charge in [0.2, 0.25) is 0 Å². The average molecular weight is 248 g/mol.